The number of carbonyl (C=O) groups excluding carboxylic acids is 1. The fraction of sp³-hybridized carbons (Fsp3) is 0.241. The van der Waals surface area contributed by atoms with Crippen molar-refractivity contribution in [3.05, 3.63) is 83.7 Å². The van der Waals surface area contributed by atoms with Crippen LogP contribution >= 0.6 is 0 Å². The van der Waals surface area contributed by atoms with Crippen molar-refractivity contribution in [2.24, 2.45) is 0 Å². The van der Waals surface area contributed by atoms with E-state index in [1.54, 1.807) is 25.3 Å². The number of Topliss-reactive ketones (excluding diaryl/α,β-unsaturated/α-hetero) is 1. The van der Waals surface area contributed by atoms with E-state index < -0.39 is 0 Å². The number of para-hydroxylation sites is 2. The highest BCUT2D eigenvalue weighted by atomic mass is 16.5. The lowest BCUT2D eigenvalue weighted by Gasteiger charge is -2.10. The van der Waals surface area contributed by atoms with Crippen molar-refractivity contribution in [1.29, 1.82) is 0 Å². The molecule has 0 aliphatic rings. The number of carbonyl (C=O) groups is 1. The van der Waals surface area contributed by atoms with Crippen molar-refractivity contribution in [2.75, 3.05) is 20.3 Å². The van der Waals surface area contributed by atoms with E-state index in [1.165, 1.54) is 0 Å². The zero-order chi connectivity index (χ0) is 24.6. The SMILES string of the molecule is CCCCOc1ccc(C(=O)C(=Cc2ccc(OCC)c(OC)c2)c2nc3ccccc3o2)cc1. The maximum atomic E-state index is 13.7. The molecule has 0 aliphatic carbocycles. The van der Waals surface area contributed by atoms with E-state index in [4.69, 9.17) is 18.6 Å². The smallest absolute Gasteiger partial charge is 0.231 e. The molecule has 6 nitrogen and oxygen atoms in total. The quantitative estimate of drug-likeness (QED) is 0.136. The van der Waals surface area contributed by atoms with Gasteiger partial charge in [0.2, 0.25) is 5.89 Å². The van der Waals surface area contributed by atoms with Crippen LogP contribution in [0.1, 0.15) is 48.5 Å². The Balaban J connectivity index is 1.73. The van der Waals surface area contributed by atoms with Crippen LogP contribution in [0, 0.1) is 0 Å². The van der Waals surface area contributed by atoms with Crippen molar-refractivity contribution in [3.8, 4) is 17.2 Å². The minimum absolute atomic E-state index is 0.204. The first kappa shape index (κ1) is 24.1. The molecule has 35 heavy (non-hydrogen) atoms. The Morgan fingerprint density at radius 2 is 1.77 bits per heavy atom. The monoisotopic (exact) mass is 471 g/mol. The third-order valence-corrected chi connectivity index (χ3v) is 5.45. The van der Waals surface area contributed by atoms with Crippen LogP contribution in [0.25, 0.3) is 22.7 Å². The second-order valence-electron chi connectivity index (χ2n) is 7.94. The summed E-state index contributed by atoms with van der Waals surface area (Å²) in [4.78, 5) is 18.2. The number of fused-ring (bicyclic) bond motifs is 1. The molecule has 0 fully saturated rings. The zero-order valence-electron chi connectivity index (χ0n) is 20.2. The number of unbranched alkanes of at least 4 members (excludes halogenated alkanes) is 1. The highest BCUT2D eigenvalue weighted by Crippen LogP contribution is 2.31. The van der Waals surface area contributed by atoms with Crippen LogP contribution in [0.4, 0.5) is 0 Å². The number of hydrogen-bond acceptors (Lipinski definition) is 6. The minimum atomic E-state index is -0.204. The average molecular weight is 472 g/mol. The summed E-state index contributed by atoms with van der Waals surface area (Å²) in [7, 11) is 1.59. The number of ketones is 1. The van der Waals surface area contributed by atoms with Crippen LogP contribution in [0.3, 0.4) is 0 Å². The van der Waals surface area contributed by atoms with E-state index in [0.717, 1.165) is 24.2 Å². The lowest BCUT2D eigenvalue weighted by atomic mass is 10.0. The van der Waals surface area contributed by atoms with Gasteiger partial charge in [0.1, 0.15) is 11.3 Å². The highest BCUT2D eigenvalue weighted by Gasteiger charge is 2.21. The standard InChI is InChI=1S/C29H29NO5/c1-4-6-17-34-22-14-12-21(13-15-22)28(31)23(29-30-24-9-7-8-10-25(24)35-29)18-20-11-16-26(33-5-2)27(19-20)32-3/h7-16,18-19H,4-6,17H2,1-3H3. The lowest BCUT2D eigenvalue weighted by molar-refractivity contribution is 0.105. The number of hydrogen-bond donors (Lipinski definition) is 0. The molecule has 1 heterocycles. The molecule has 0 saturated heterocycles. The Morgan fingerprint density at radius 1 is 0.971 bits per heavy atom. The predicted octanol–water partition coefficient (Wildman–Crippen LogP) is 6.84. The third kappa shape index (κ3) is 5.72. The fourth-order valence-electron chi connectivity index (χ4n) is 3.62. The molecular weight excluding hydrogens is 442 g/mol. The number of ether oxygens (including phenoxy) is 3. The number of allylic oxidation sites excluding steroid dienone is 1. The maximum Gasteiger partial charge on any atom is 0.231 e. The fourth-order valence-corrected chi connectivity index (χ4v) is 3.62. The molecule has 0 unspecified atom stereocenters. The average Bonchev–Trinajstić information content (AvgIpc) is 3.32. The summed E-state index contributed by atoms with van der Waals surface area (Å²) >= 11 is 0. The number of rotatable bonds is 11. The van der Waals surface area contributed by atoms with Gasteiger partial charge in [-0.05, 0) is 73.5 Å². The molecule has 1 aromatic heterocycles. The number of benzene rings is 3. The summed E-state index contributed by atoms with van der Waals surface area (Å²) in [6.07, 6.45) is 3.80. The van der Waals surface area contributed by atoms with Gasteiger partial charge in [-0.3, -0.25) is 4.79 Å². The minimum Gasteiger partial charge on any atom is -0.494 e. The van der Waals surface area contributed by atoms with E-state index in [0.29, 0.717) is 46.9 Å². The van der Waals surface area contributed by atoms with E-state index in [2.05, 4.69) is 11.9 Å². The summed E-state index contributed by atoms with van der Waals surface area (Å²) in [6, 6.07) is 20.1. The highest BCUT2D eigenvalue weighted by molar-refractivity contribution is 6.31. The van der Waals surface area contributed by atoms with E-state index in [9.17, 15) is 4.79 Å². The largest absolute Gasteiger partial charge is 0.494 e. The van der Waals surface area contributed by atoms with Gasteiger partial charge in [0.15, 0.2) is 22.9 Å². The summed E-state index contributed by atoms with van der Waals surface area (Å²) in [5.41, 5.74) is 2.91. The van der Waals surface area contributed by atoms with Gasteiger partial charge in [-0.1, -0.05) is 31.5 Å². The molecule has 6 heteroatoms. The maximum absolute atomic E-state index is 13.7. The van der Waals surface area contributed by atoms with Crippen LogP contribution in [0.5, 0.6) is 17.2 Å². The molecule has 0 spiro atoms. The molecule has 0 radical (unpaired) electrons. The first-order chi connectivity index (χ1) is 17.1. The number of aromatic nitrogens is 1. The Bertz CT molecular complexity index is 1290. The Labute approximate surface area is 205 Å². The van der Waals surface area contributed by atoms with Crippen molar-refractivity contribution >= 4 is 28.5 Å². The van der Waals surface area contributed by atoms with E-state index >= 15 is 0 Å². The van der Waals surface area contributed by atoms with Gasteiger partial charge in [-0.15, -0.1) is 0 Å². The first-order valence-corrected chi connectivity index (χ1v) is 11.8. The van der Waals surface area contributed by atoms with Gasteiger partial charge in [0.05, 0.1) is 25.9 Å². The second-order valence-corrected chi connectivity index (χ2v) is 7.94. The van der Waals surface area contributed by atoms with E-state index in [1.807, 2.05) is 61.5 Å². The van der Waals surface area contributed by atoms with Crippen molar-refractivity contribution in [2.45, 2.75) is 26.7 Å². The van der Waals surface area contributed by atoms with Crippen LogP contribution in [0.2, 0.25) is 0 Å². The molecule has 4 rings (SSSR count). The van der Waals surface area contributed by atoms with Gasteiger partial charge >= 0.3 is 0 Å². The summed E-state index contributed by atoms with van der Waals surface area (Å²) in [5.74, 6) is 2.01. The Kier molecular flexibility index (Phi) is 7.83. The Morgan fingerprint density at radius 3 is 2.49 bits per heavy atom. The van der Waals surface area contributed by atoms with Crippen LogP contribution in [-0.2, 0) is 0 Å². The van der Waals surface area contributed by atoms with Crippen molar-refractivity contribution in [1.82, 2.24) is 4.98 Å². The third-order valence-electron chi connectivity index (χ3n) is 5.45. The topological polar surface area (TPSA) is 70.8 Å². The molecule has 0 N–H and O–H groups in total. The number of oxazole rings is 1. The zero-order valence-corrected chi connectivity index (χ0v) is 20.2. The van der Waals surface area contributed by atoms with Crippen LogP contribution in [-0.4, -0.2) is 31.1 Å². The van der Waals surface area contributed by atoms with Crippen molar-refractivity contribution < 1.29 is 23.4 Å². The molecule has 4 aromatic rings. The Hall–Kier alpha value is -4.06. The number of nitrogens with zero attached hydrogens (tertiary/aromatic N) is 1. The molecule has 180 valence electrons. The molecular formula is C29H29NO5. The summed E-state index contributed by atoms with van der Waals surface area (Å²) in [6.45, 7) is 5.20. The number of methoxy groups -OCH3 is 1. The van der Waals surface area contributed by atoms with Gasteiger partial charge in [0, 0.05) is 5.56 Å². The predicted molar refractivity (Wildman–Crippen MR) is 137 cm³/mol. The molecule has 0 aliphatic heterocycles. The van der Waals surface area contributed by atoms with Gasteiger partial charge in [-0.2, -0.15) is 0 Å². The lowest BCUT2D eigenvalue weighted by Crippen LogP contribution is -2.04. The van der Waals surface area contributed by atoms with Crippen molar-refractivity contribution in [3.63, 3.8) is 0 Å². The molecule has 0 saturated carbocycles. The molecule has 0 amide bonds. The summed E-state index contributed by atoms with van der Waals surface area (Å²) in [5, 5.41) is 0. The molecule has 0 bridgehead atoms. The first-order valence-electron chi connectivity index (χ1n) is 11.8. The van der Waals surface area contributed by atoms with Gasteiger partial charge in [-0.25, -0.2) is 4.98 Å². The van der Waals surface area contributed by atoms with E-state index in [-0.39, 0.29) is 11.7 Å². The van der Waals surface area contributed by atoms with Gasteiger partial charge < -0.3 is 18.6 Å². The molecule has 0 atom stereocenters. The van der Waals surface area contributed by atoms with Crippen LogP contribution < -0.4 is 14.2 Å². The normalized spacial score (nSPS) is 11.5. The van der Waals surface area contributed by atoms with Crippen LogP contribution in [0.15, 0.2) is 71.1 Å². The summed E-state index contributed by atoms with van der Waals surface area (Å²) < 4.78 is 22.8. The molecule has 3 aromatic carbocycles. The van der Waals surface area contributed by atoms with Gasteiger partial charge in [0.25, 0.3) is 0 Å². The second kappa shape index (κ2) is 11.4.